The van der Waals surface area contributed by atoms with E-state index in [0.717, 1.165) is 16.0 Å². The highest BCUT2D eigenvalue weighted by Gasteiger charge is 2.37. The molecule has 1 saturated heterocycles. The molecule has 0 aromatic heterocycles. The summed E-state index contributed by atoms with van der Waals surface area (Å²) in [6.07, 6.45) is 1.26. The molecule has 2 N–H and O–H groups in total. The first-order valence-corrected chi connectivity index (χ1v) is 11.7. The molecular formula is C27H20Cl2N2O6. The molecule has 0 saturated carbocycles. The lowest BCUT2D eigenvalue weighted by molar-refractivity contribution is -0.122. The molecular weight excluding hydrogens is 519 g/mol. The number of hydrogen-bond donors (Lipinski definition) is 2. The summed E-state index contributed by atoms with van der Waals surface area (Å²) in [4.78, 5) is 50.5. The summed E-state index contributed by atoms with van der Waals surface area (Å²) in [5, 5.41) is 11.6. The molecule has 4 rings (SSSR count). The van der Waals surface area contributed by atoms with Crippen LogP contribution >= 0.6 is 23.2 Å². The van der Waals surface area contributed by atoms with Gasteiger partial charge in [-0.3, -0.25) is 14.9 Å². The van der Waals surface area contributed by atoms with Crippen LogP contribution in [0.3, 0.4) is 0 Å². The van der Waals surface area contributed by atoms with Gasteiger partial charge in [-0.2, -0.15) is 0 Å². The first kappa shape index (κ1) is 25.9. The highest BCUT2D eigenvalue weighted by atomic mass is 35.5. The molecule has 0 unspecified atom stereocenters. The molecule has 0 spiro atoms. The number of nitrogens with zero attached hydrogens (tertiary/aromatic N) is 1. The van der Waals surface area contributed by atoms with E-state index in [1.807, 2.05) is 13.8 Å². The number of aryl methyl sites for hydroxylation is 2. The fourth-order valence-corrected chi connectivity index (χ4v) is 4.21. The van der Waals surface area contributed by atoms with Crippen LogP contribution < -0.4 is 15.0 Å². The van der Waals surface area contributed by atoms with Crippen molar-refractivity contribution in [2.75, 3.05) is 4.90 Å². The number of carbonyl (C=O) groups is 4. The number of aromatic carboxylic acids is 1. The van der Waals surface area contributed by atoms with Gasteiger partial charge in [0.25, 0.3) is 11.8 Å². The molecule has 3 aromatic rings. The van der Waals surface area contributed by atoms with Gasteiger partial charge in [0.1, 0.15) is 17.9 Å². The number of carboxylic acids is 1. The zero-order valence-corrected chi connectivity index (χ0v) is 21.2. The van der Waals surface area contributed by atoms with Gasteiger partial charge in [-0.25, -0.2) is 14.5 Å². The maximum Gasteiger partial charge on any atom is 0.335 e. The average molecular weight is 539 g/mol. The summed E-state index contributed by atoms with van der Waals surface area (Å²) in [6.45, 7) is 3.77. The zero-order valence-electron chi connectivity index (χ0n) is 19.7. The molecule has 37 heavy (non-hydrogen) atoms. The van der Waals surface area contributed by atoms with Crippen LogP contribution in [0.5, 0.6) is 5.75 Å². The fourth-order valence-electron chi connectivity index (χ4n) is 3.65. The molecule has 0 bridgehead atoms. The second-order valence-electron chi connectivity index (χ2n) is 8.32. The summed E-state index contributed by atoms with van der Waals surface area (Å²) in [6, 6.07) is 13.2. The molecule has 1 heterocycles. The van der Waals surface area contributed by atoms with Crippen LogP contribution in [0.25, 0.3) is 6.08 Å². The van der Waals surface area contributed by atoms with E-state index in [0.29, 0.717) is 11.3 Å². The third-order valence-electron chi connectivity index (χ3n) is 5.77. The van der Waals surface area contributed by atoms with Crippen molar-refractivity contribution < 1.29 is 29.0 Å². The maximum atomic E-state index is 13.3. The Morgan fingerprint density at radius 1 is 1.00 bits per heavy atom. The Hall–Kier alpha value is -4.14. The summed E-state index contributed by atoms with van der Waals surface area (Å²) in [7, 11) is 0. The molecule has 1 aliphatic rings. The lowest BCUT2D eigenvalue weighted by Crippen LogP contribution is -2.54. The van der Waals surface area contributed by atoms with Crippen molar-refractivity contribution in [2.45, 2.75) is 20.5 Å². The first-order valence-electron chi connectivity index (χ1n) is 11.0. The van der Waals surface area contributed by atoms with E-state index in [-0.39, 0.29) is 39.1 Å². The largest absolute Gasteiger partial charge is 0.487 e. The molecule has 1 fully saturated rings. The molecule has 0 atom stereocenters. The number of nitrogens with one attached hydrogen (secondary N) is 1. The van der Waals surface area contributed by atoms with Gasteiger partial charge in [-0.05, 0) is 73.0 Å². The van der Waals surface area contributed by atoms with Crippen molar-refractivity contribution in [3.8, 4) is 5.75 Å². The minimum Gasteiger partial charge on any atom is -0.487 e. The number of ether oxygens (including phenoxy) is 1. The van der Waals surface area contributed by atoms with Crippen LogP contribution in [0.4, 0.5) is 10.5 Å². The standard InChI is InChI=1S/C27H20Cl2N2O6/c1-14-3-8-20(9-15(14)2)31-25(33)21(24(32)30-27(31)36)11-18-10-19(28)12-22(29)23(18)37-13-16-4-6-17(7-5-16)26(34)35/h3-12H,13H2,1-2H3,(H,34,35)(H,30,32,36)/b21-11+. The topological polar surface area (TPSA) is 113 Å². The van der Waals surface area contributed by atoms with Gasteiger partial charge >= 0.3 is 12.0 Å². The minimum absolute atomic E-state index is 0.0187. The van der Waals surface area contributed by atoms with Crippen LogP contribution in [0.15, 0.2) is 60.2 Å². The van der Waals surface area contributed by atoms with Crippen molar-refractivity contribution >= 4 is 58.8 Å². The molecule has 0 aliphatic carbocycles. The van der Waals surface area contributed by atoms with Gasteiger partial charge in [0.2, 0.25) is 0 Å². The second kappa shape index (κ2) is 10.5. The van der Waals surface area contributed by atoms with Gasteiger partial charge in [-0.1, -0.05) is 41.4 Å². The van der Waals surface area contributed by atoms with E-state index in [1.165, 1.54) is 30.3 Å². The average Bonchev–Trinajstić information content (AvgIpc) is 2.83. The molecule has 3 aromatic carbocycles. The van der Waals surface area contributed by atoms with Crippen molar-refractivity contribution in [3.05, 3.63) is 98.0 Å². The van der Waals surface area contributed by atoms with Gasteiger partial charge in [0, 0.05) is 10.6 Å². The Bertz CT molecular complexity index is 1480. The van der Waals surface area contributed by atoms with Crippen LogP contribution in [0.2, 0.25) is 10.0 Å². The van der Waals surface area contributed by atoms with Gasteiger partial charge < -0.3 is 9.84 Å². The van der Waals surface area contributed by atoms with Gasteiger partial charge in [-0.15, -0.1) is 0 Å². The summed E-state index contributed by atoms with van der Waals surface area (Å²) >= 11 is 12.6. The van der Waals surface area contributed by atoms with E-state index in [2.05, 4.69) is 5.32 Å². The van der Waals surface area contributed by atoms with Crippen LogP contribution in [-0.4, -0.2) is 28.9 Å². The smallest absolute Gasteiger partial charge is 0.335 e. The Labute approximate surface area is 222 Å². The van der Waals surface area contributed by atoms with E-state index >= 15 is 0 Å². The first-order chi connectivity index (χ1) is 17.5. The minimum atomic E-state index is -1.05. The monoisotopic (exact) mass is 538 g/mol. The second-order valence-corrected chi connectivity index (χ2v) is 9.17. The van der Waals surface area contributed by atoms with E-state index in [4.69, 9.17) is 33.0 Å². The Morgan fingerprint density at radius 2 is 1.70 bits per heavy atom. The highest BCUT2D eigenvalue weighted by Crippen LogP contribution is 2.35. The maximum absolute atomic E-state index is 13.3. The number of urea groups is 1. The van der Waals surface area contributed by atoms with Crippen LogP contribution in [0.1, 0.15) is 32.6 Å². The number of hydrogen-bond acceptors (Lipinski definition) is 5. The van der Waals surface area contributed by atoms with Gasteiger partial charge in [0.15, 0.2) is 0 Å². The number of imide groups is 2. The molecule has 10 heteroatoms. The number of halogens is 2. The highest BCUT2D eigenvalue weighted by molar-refractivity contribution is 6.40. The fraction of sp³-hybridized carbons (Fsp3) is 0.111. The predicted octanol–water partition coefficient (Wildman–Crippen LogP) is 5.55. The summed E-state index contributed by atoms with van der Waals surface area (Å²) in [5.41, 5.74) is 2.88. The number of carbonyl (C=O) groups excluding carboxylic acids is 3. The third kappa shape index (κ3) is 5.50. The molecule has 1 aliphatic heterocycles. The Kier molecular flexibility index (Phi) is 7.33. The van der Waals surface area contributed by atoms with E-state index in [9.17, 15) is 19.2 Å². The predicted molar refractivity (Wildman–Crippen MR) is 139 cm³/mol. The van der Waals surface area contributed by atoms with Crippen molar-refractivity contribution in [1.29, 1.82) is 0 Å². The Balaban J connectivity index is 1.69. The summed E-state index contributed by atoms with van der Waals surface area (Å²) < 4.78 is 5.88. The normalized spacial score (nSPS) is 14.6. The van der Waals surface area contributed by atoms with Gasteiger partial charge in [0.05, 0.1) is 16.3 Å². The van der Waals surface area contributed by atoms with Crippen molar-refractivity contribution in [2.24, 2.45) is 0 Å². The summed E-state index contributed by atoms with van der Waals surface area (Å²) in [5.74, 6) is -2.59. The van der Waals surface area contributed by atoms with Crippen LogP contribution in [0, 0.1) is 13.8 Å². The SMILES string of the molecule is Cc1ccc(N2C(=O)NC(=O)/C(=C\c3cc(Cl)cc(Cl)c3OCc3ccc(C(=O)O)cc3)C2=O)cc1C. The number of barbiturate groups is 1. The molecule has 8 nitrogen and oxygen atoms in total. The lowest BCUT2D eigenvalue weighted by atomic mass is 10.0. The third-order valence-corrected chi connectivity index (χ3v) is 6.27. The molecule has 0 radical (unpaired) electrons. The number of anilines is 1. The number of benzene rings is 3. The van der Waals surface area contributed by atoms with Crippen molar-refractivity contribution in [3.63, 3.8) is 0 Å². The Morgan fingerprint density at radius 3 is 2.35 bits per heavy atom. The number of carboxylic acid groups (broad SMARTS) is 1. The molecule has 4 amide bonds. The quantitative estimate of drug-likeness (QED) is 0.314. The van der Waals surface area contributed by atoms with E-state index in [1.54, 1.807) is 30.3 Å². The number of amides is 4. The lowest BCUT2D eigenvalue weighted by Gasteiger charge is -2.27. The van der Waals surface area contributed by atoms with Crippen molar-refractivity contribution in [1.82, 2.24) is 5.32 Å². The number of rotatable bonds is 6. The van der Waals surface area contributed by atoms with Crippen LogP contribution in [-0.2, 0) is 16.2 Å². The molecule has 188 valence electrons. The van der Waals surface area contributed by atoms with E-state index < -0.39 is 23.8 Å². The zero-order chi connectivity index (χ0) is 26.9.